The van der Waals surface area contributed by atoms with Gasteiger partial charge < -0.3 is 9.57 Å². The van der Waals surface area contributed by atoms with Crippen molar-refractivity contribution in [1.82, 2.24) is 0 Å². The number of oxime groups is 1. The van der Waals surface area contributed by atoms with E-state index >= 15 is 0 Å². The second kappa shape index (κ2) is 4.40. The summed E-state index contributed by atoms with van der Waals surface area (Å²) in [5, 5.41) is 3.98. The first kappa shape index (κ1) is 12.0. The van der Waals surface area contributed by atoms with E-state index in [1.165, 1.54) is 0 Å². The van der Waals surface area contributed by atoms with E-state index in [1.807, 2.05) is 30.5 Å². The van der Waals surface area contributed by atoms with Crippen molar-refractivity contribution in [1.29, 1.82) is 0 Å². The Morgan fingerprint density at radius 1 is 1.18 bits per heavy atom. The van der Waals surface area contributed by atoms with E-state index in [0.29, 0.717) is 5.92 Å². The number of hydrogen-bond acceptors (Lipinski definition) is 3. The molecule has 2 atom stereocenters. The lowest BCUT2D eigenvalue weighted by atomic mass is 9.76. The fourth-order valence-electron chi connectivity index (χ4n) is 2.05. The molecule has 3 heteroatoms. The molecule has 17 heavy (non-hydrogen) atoms. The van der Waals surface area contributed by atoms with E-state index in [4.69, 9.17) is 9.57 Å². The Morgan fingerprint density at radius 3 is 2.35 bits per heavy atom. The average Bonchev–Trinajstić information content (AvgIpc) is 2.78. The van der Waals surface area contributed by atoms with Crippen molar-refractivity contribution in [2.45, 2.75) is 26.9 Å². The van der Waals surface area contributed by atoms with Gasteiger partial charge in [-0.05, 0) is 23.1 Å². The lowest BCUT2D eigenvalue weighted by molar-refractivity contribution is 0.0327. The van der Waals surface area contributed by atoms with Crippen LogP contribution in [0, 0.1) is 11.3 Å². The van der Waals surface area contributed by atoms with Crippen molar-refractivity contribution in [3.63, 3.8) is 0 Å². The van der Waals surface area contributed by atoms with Gasteiger partial charge >= 0.3 is 0 Å². The molecule has 0 aromatic heterocycles. The molecule has 0 spiro atoms. The van der Waals surface area contributed by atoms with Gasteiger partial charge in [0.15, 0.2) is 6.10 Å². The van der Waals surface area contributed by atoms with Gasteiger partial charge in [-0.25, -0.2) is 0 Å². The smallest absolute Gasteiger partial charge is 0.160 e. The first-order chi connectivity index (χ1) is 8.02. The number of ether oxygens (including phenoxy) is 1. The van der Waals surface area contributed by atoms with Gasteiger partial charge in [0, 0.05) is 5.92 Å². The molecule has 0 N–H and O–H groups in total. The van der Waals surface area contributed by atoms with Crippen LogP contribution in [0.5, 0.6) is 5.75 Å². The zero-order valence-electron chi connectivity index (χ0n) is 10.8. The van der Waals surface area contributed by atoms with Gasteiger partial charge in [-0.1, -0.05) is 38.1 Å². The van der Waals surface area contributed by atoms with Crippen LogP contribution in [0.1, 0.15) is 32.4 Å². The van der Waals surface area contributed by atoms with Crippen molar-refractivity contribution >= 4 is 6.21 Å². The van der Waals surface area contributed by atoms with E-state index in [-0.39, 0.29) is 11.5 Å². The van der Waals surface area contributed by atoms with Gasteiger partial charge in [-0.3, -0.25) is 0 Å². The highest BCUT2D eigenvalue weighted by atomic mass is 16.6. The van der Waals surface area contributed by atoms with Crippen LogP contribution in [0.15, 0.2) is 29.4 Å². The second-order valence-corrected chi connectivity index (χ2v) is 5.45. The predicted octanol–water partition coefficient (Wildman–Crippen LogP) is 3.41. The zero-order chi connectivity index (χ0) is 12.5. The molecule has 3 nitrogen and oxygen atoms in total. The fraction of sp³-hybridized carbons (Fsp3) is 0.500. The topological polar surface area (TPSA) is 30.8 Å². The molecular weight excluding hydrogens is 214 g/mol. The molecule has 0 radical (unpaired) electrons. The quantitative estimate of drug-likeness (QED) is 0.783. The van der Waals surface area contributed by atoms with Crippen molar-refractivity contribution in [3.8, 4) is 5.75 Å². The minimum absolute atomic E-state index is 0.0147. The summed E-state index contributed by atoms with van der Waals surface area (Å²) in [6.07, 6.45) is 1.93. The highest BCUT2D eigenvalue weighted by Crippen LogP contribution is 2.40. The molecule has 0 bridgehead atoms. The summed E-state index contributed by atoms with van der Waals surface area (Å²) in [6, 6.07) is 7.99. The van der Waals surface area contributed by atoms with Crippen LogP contribution in [-0.2, 0) is 4.84 Å². The highest BCUT2D eigenvalue weighted by Gasteiger charge is 2.37. The Labute approximate surface area is 102 Å². The molecule has 0 fully saturated rings. The first-order valence-electron chi connectivity index (χ1n) is 5.85. The number of rotatable bonds is 2. The van der Waals surface area contributed by atoms with Gasteiger partial charge in [-0.15, -0.1) is 0 Å². The maximum Gasteiger partial charge on any atom is 0.160 e. The summed E-state index contributed by atoms with van der Waals surface area (Å²) in [4.78, 5) is 5.48. The van der Waals surface area contributed by atoms with Gasteiger partial charge in [0.05, 0.1) is 13.3 Å². The summed E-state index contributed by atoms with van der Waals surface area (Å²) in [5.74, 6) is 1.16. The SMILES string of the molecule is COc1ccc(C2ON=CC2C(C)(C)C)cc1. The van der Waals surface area contributed by atoms with Gasteiger partial charge in [0.1, 0.15) is 5.75 Å². The molecule has 2 unspecified atom stereocenters. The normalized spacial score (nSPS) is 23.5. The van der Waals surface area contributed by atoms with Crippen LogP contribution >= 0.6 is 0 Å². The maximum atomic E-state index is 5.48. The summed E-state index contributed by atoms with van der Waals surface area (Å²) in [7, 11) is 1.67. The maximum absolute atomic E-state index is 5.48. The monoisotopic (exact) mass is 233 g/mol. The number of methoxy groups -OCH3 is 1. The van der Waals surface area contributed by atoms with Gasteiger partial charge in [0.2, 0.25) is 0 Å². The molecule has 92 valence electrons. The third-order valence-corrected chi connectivity index (χ3v) is 3.17. The van der Waals surface area contributed by atoms with Crippen LogP contribution in [0.3, 0.4) is 0 Å². The fourth-order valence-corrected chi connectivity index (χ4v) is 2.05. The highest BCUT2D eigenvalue weighted by molar-refractivity contribution is 5.64. The number of nitrogens with zero attached hydrogens (tertiary/aromatic N) is 1. The molecule has 0 aliphatic carbocycles. The van der Waals surface area contributed by atoms with E-state index in [1.54, 1.807) is 7.11 Å². The molecule has 1 heterocycles. The Kier molecular flexibility index (Phi) is 3.09. The van der Waals surface area contributed by atoms with Crippen LogP contribution in [0.25, 0.3) is 0 Å². The minimum atomic E-state index is 0.0147. The van der Waals surface area contributed by atoms with E-state index in [9.17, 15) is 0 Å². The predicted molar refractivity (Wildman–Crippen MR) is 68.3 cm³/mol. The molecule has 0 saturated carbocycles. The standard InChI is InChI=1S/C14H19NO2/c1-14(2,3)12-9-15-17-13(12)10-5-7-11(16-4)8-6-10/h5-9,12-13H,1-4H3. The molecule has 1 aromatic rings. The third-order valence-electron chi connectivity index (χ3n) is 3.17. The lowest BCUT2D eigenvalue weighted by Crippen LogP contribution is -2.25. The summed E-state index contributed by atoms with van der Waals surface area (Å²) in [6.45, 7) is 6.61. The van der Waals surface area contributed by atoms with E-state index in [0.717, 1.165) is 11.3 Å². The third kappa shape index (κ3) is 2.43. The molecule has 0 amide bonds. The van der Waals surface area contributed by atoms with Crippen LogP contribution in [0.2, 0.25) is 0 Å². The Hall–Kier alpha value is -1.51. The van der Waals surface area contributed by atoms with Crippen LogP contribution in [0.4, 0.5) is 0 Å². The number of benzene rings is 1. The van der Waals surface area contributed by atoms with Gasteiger partial charge in [-0.2, -0.15) is 0 Å². The Balaban J connectivity index is 2.22. The first-order valence-corrected chi connectivity index (χ1v) is 5.85. The summed E-state index contributed by atoms with van der Waals surface area (Å²) in [5.41, 5.74) is 1.29. The van der Waals surface area contributed by atoms with E-state index in [2.05, 4.69) is 25.9 Å². The van der Waals surface area contributed by atoms with Crippen LogP contribution < -0.4 is 4.74 Å². The summed E-state index contributed by atoms with van der Waals surface area (Å²) >= 11 is 0. The van der Waals surface area contributed by atoms with E-state index < -0.39 is 0 Å². The minimum Gasteiger partial charge on any atom is -0.497 e. The van der Waals surface area contributed by atoms with Crippen molar-refractivity contribution in [2.24, 2.45) is 16.5 Å². The second-order valence-electron chi connectivity index (χ2n) is 5.45. The van der Waals surface area contributed by atoms with Crippen molar-refractivity contribution in [3.05, 3.63) is 29.8 Å². The Bertz CT molecular complexity index is 403. The average molecular weight is 233 g/mol. The molecule has 0 saturated heterocycles. The van der Waals surface area contributed by atoms with Crippen molar-refractivity contribution < 1.29 is 9.57 Å². The largest absolute Gasteiger partial charge is 0.497 e. The molecule has 1 aromatic carbocycles. The van der Waals surface area contributed by atoms with Crippen LogP contribution in [-0.4, -0.2) is 13.3 Å². The molecule has 1 aliphatic rings. The van der Waals surface area contributed by atoms with Crippen molar-refractivity contribution in [2.75, 3.05) is 7.11 Å². The lowest BCUT2D eigenvalue weighted by Gasteiger charge is -2.28. The number of hydrogen-bond donors (Lipinski definition) is 0. The molecular formula is C14H19NO2. The molecule has 2 rings (SSSR count). The Morgan fingerprint density at radius 2 is 1.82 bits per heavy atom. The zero-order valence-corrected chi connectivity index (χ0v) is 10.8. The molecule has 1 aliphatic heterocycles. The summed E-state index contributed by atoms with van der Waals surface area (Å²) < 4.78 is 5.15. The van der Waals surface area contributed by atoms with Gasteiger partial charge in [0.25, 0.3) is 0 Å².